The minimum absolute atomic E-state index is 0.159. The number of anilines is 3. The van der Waals surface area contributed by atoms with Gasteiger partial charge in [-0.3, -0.25) is 14.9 Å². The van der Waals surface area contributed by atoms with E-state index in [4.69, 9.17) is 9.98 Å². The van der Waals surface area contributed by atoms with Crippen LogP contribution in [-0.4, -0.2) is 15.7 Å². The number of allylic oxidation sites excluding steroid dienone is 1. The number of pyridine rings is 2. The first-order valence-electron chi connectivity index (χ1n) is 17.9. The third-order valence-electron chi connectivity index (χ3n) is 10.3. The predicted molar refractivity (Wildman–Crippen MR) is 217 cm³/mol. The number of aliphatic imine (C=N–C) groups is 1. The van der Waals surface area contributed by atoms with Crippen molar-refractivity contribution in [2.75, 3.05) is 10.2 Å². The van der Waals surface area contributed by atoms with E-state index in [1.807, 2.05) is 42.9 Å². The third-order valence-corrected chi connectivity index (χ3v) is 10.3. The first kappa shape index (κ1) is 30.7. The highest BCUT2D eigenvalue weighted by Gasteiger charge is 2.35. The lowest BCUT2D eigenvalue weighted by Gasteiger charge is -2.27. The summed E-state index contributed by atoms with van der Waals surface area (Å²) in [5.41, 5.74) is 11.0. The van der Waals surface area contributed by atoms with Gasteiger partial charge in [0, 0.05) is 35.1 Å². The Morgan fingerprint density at radius 1 is 0.491 bits per heavy atom. The van der Waals surface area contributed by atoms with Crippen LogP contribution in [-0.2, 0) is 0 Å². The highest BCUT2D eigenvalue weighted by Crippen LogP contribution is 2.52. The summed E-state index contributed by atoms with van der Waals surface area (Å²) in [5, 5.41) is 12.2. The summed E-state index contributed by atoms with van der Waals surface area (Å²) < 4.78 is 0. The van der Waals surface area contributed by atoms with Gasteiger partial charge in [-0.15, -0.1) is 0 Å². The quantitative estimate of drug-likeness (QED) is 0.171. The molecule has 0 spiro atoms. The van der Waals surface area contributed by atoms with E-state index >= 15 is 0 Å². The van der Waals surface area contributed by atoms with Gasteiger partial charge < -0.3 is 10.6 Å². The van der Waals surface area contributed by atoms with Crippen LogP contribution in [0.4, 0.5) is 17.2 Å². The normalized spacial score (nSPS) is 16.4. The number of hydrogen-bond acceptors (Lipinski definition) is 6. The van der Waals surface area contributed by atoms with Gasteiger partial charge in [-0.05, 0) is 68.4 Å². The van der Waals surface area contributed by atoms with Gasteiger partial charge in [-0.25, -0.2) is 4.98 Å². The molecule has 2 aliphatic heterocycles. The van der Waals surface area contributed by atoms with Crippen LogP contribution in [0.2, 0.25) is 0 Å². The molecular formula is C47H34N6. The van der Waals surface area contributed by atoms with Crippen molar-refractivity contribution in [3.63, 3.8) is 0 Å². The van der Waals surface area contributed by atoms with Crippen LogP contribution in [0.15, 0.2) is 187 Å². The molecule has 0 saturated carbocycles. The molecule has 10 rings (SSSR count). The summed E-state index contributed by atoms with van der Waals surface area (Å²) in [6, 6.07) is 55.3. The Morgan fingerprint density at radius 2 is 1.15 bits per heavy atom. The van der Waals surface area contributed by atoms with E-state index < -0.39 is 0 Å². The molecule has 0 radical (unpaired) electrons. The lowest BCUT2D eigenvalue weighted by molar-refractivity contribution is 0.664. The minimum atomic E-state index is -0.174. The lowest BCUT2D eigenvalue weighted by Crippen LogP contribution is -2.24. The second-order valence-electron chi connectivity index (χ2n) is 13.4. The maximum atomic E-state index is 5.09. The first-order chi connectivity index (χ1) is 26.3. The van der Waals surface area contributed by atoms with Crippen molar-refractivity contribution in [3.05, 3.63) is 205 Å². The zero-order valence-electron chi connectivity index (χ0n) is 28.8. The van der Waals surface area contributed by atoms with Gasteiger partial charge in [0.05, 0.1) is 17.1 Å². The SMILES string of the molecule is C1=C(c2ccc(-c3ccc(C4Nc5c(c6ccccc6c6ccncc56)N4c4ccccn4)cc3)cc2)NC(c2ccccc2)N=C1c1ccccc1. The van der Waals surface area contributed by atoms with E-state index in [0.717, 1.165) is 67.4 Å². The summed E-state index contributed by atoms with van der Waals surface area (Å²) in [7, 11) is 0. The van der Waals surface area contributed by atoms with Gasteiger partial charge in [0.2, 0.25) is 0 Å². The van der Waals surface area contributed by atoms with E-state index in [1.165, 1.54) is 16.2 Å². The fourth-order valence-electron chi connectivity index (χ4n) is 7.68. The van der Waals surface area contributed by atoms with Crippen molar-refractivity contribution in [2.45, 2.75) is 12.3 Å². The fraction of sp³-hybridized carbons (Fsp3) is 0.0426. The summed E-state index contributed by atoms with van der Waals surface area (Å²) in [6.07, 6.45) is 7.52. The molecule has 2 N–H and O–H groups in total. The van der Waals surface area contributed by atoms with Crippen LogP contribution in [0.25, 0.3) is 38.4 Å². The molecule has 0 bridgehead atoms. The van der Waals surface area contributed by atoms with Crippen LogP contribution >= 0.6 is 0 Å². The fourth-order valence-corrected chi connectivity index (χ4v) is 7.68. The summed E-state index contributed by atoms with van der Waals surface area (Å²) in [5.74, 6) is 0.886. The monoisotopic (exact) mass is 682 g/mol. The minimum Gasteiger partial charge on any atom is -0.360 e. The maximum Gasteiger partial charge on any atom is 0.145 e. The number of nitrogens with zero attached hydrogens (tertiary/aromatic N) is 4. The molecule has 0 saturated heterocycles. The molecule has 6 heteroatoms. The zero-order valence-corrected chi connectivity index (χ0v) is 28.8. The van der Waals surface area contributed by atoms with Crippen molar-refractivity contribution >= 4 is 50.1 Å². The van der Waals surface area contributed by atoms with Crippen LogP contribution in [0.1, 0.15) is 34.6 Å². The van der Waals surface area contributed by atoms with Gasteiger partial charge in [-0.2, -0.15) is 0 Å². The van der Waals surface area contributed by atoms with Crippen LogP contribution in [0, 0.1) is 0 Å². The van der Waals surface area contributed by atoms with Crippen molar-refractivity contribution in [1.29, 1.82) is 0 Å². The van der Waals surface area contributed by atoms with E-state index in [2.05, 4.69) is 160 Å². The van der Waals surface area contributed by atoms with Crippen LogP contribution in [0.5, 0.6) is 0 Å². The van der Waals surface area contributed by atoms with Gasteiger partial charge >= 0.3 is 0 Å². The van der Waals surface area contributed by atoms with Crippen molar-refractivity contribution in [2.24, 2.45) is 4.99 Å². The average molecular weight is 683 g/mol. The molecule has 0 aliphatic carbocycles. The average Bonchev–Trinajstić information content (AvgIpc) is 3.66. The van der Waals surface area contributed by atoms with Crippen molar-refractivity contribution in [1.82, 2.24) is 15.3 Å². The molecular weight excluding hydrogens is 649 g/mol. The molecule has 2 aliphatic rings. The molecule has 0 amide bonds. The maximum absolute atomic E-state index is 5.09. The van der Waals surface area contributed by atoms with Gasteiger partial charge in [0.25, 0.3) is 0 Å². The molecule has 4 heterocycles. The summed E-state index contributed by atoms with van der Waals surface area (Å²) in [6.45, 7) is 0. The van der Waals surface area contributed by atoms with Gasteiger partial charge in [0.15, 0.2) is 0 Å². The Labute approximate surface area is 307 Å². The smallest absolute Gasteiger partial charge is 0.145 e. The Hall–Kier alpha value is -7.05. The van der Waals surface area contributed by atoms with E-state index in [-0.39, 0.29) is 12.3 Å². The number of rotatable bonds is 6. The molecule has 53 heavy (non-hydrogen) atoms. The molecule has 8 aromatic rings. The Balaban J connectivity index is 0.978. The van der Waals surface area contributed by atoms with E-state index in [0.29, 0.717) is 0 Å². The highest BCUT2D eigenvalue weighted by molar-refractivity contribution is 6.22. The number of aromatic nitrogens is 2. The lowest BCUT2D eigenvalue weighted by atomic mass is 9.98. The van der Waals surface area contributed by atoms with Gasteiger partial charge in [0.1, 0.15) is 18.1 Å². The molecule has 252 valence electrons. The topological polar surface area (TPSA) is 65.4 Å². The Morgan fingerprint density at radius 3 is 1.91 bits per heavy atom. The summed E-state index contributed by atoms with van der Waals surface area (Å²) in [4.78, 5) is 16.8. The van der Waals surface area contributed by atoms with Crippen LogP contribution in [0.3, 0.4) is 0 Å². The number of fused-ring (bicyclic) bond motifs is 6. The predicted octanol–water partition coefficient (Wildman–Crippen LogP) is 10.8. The molecule has 0 fully saturated rings. The van der Waals surface area contributed by atoms with E-state index in [1.54, 1.807) is 0 Å². The first-order valence-corrected chi connectivity index (χ1v) is 17.9. The third kappa shape index (κ3) is 5.49. The zero-order chi connectivity index (χ0) is 35.1. The summed E-state index contributed by atoms with van der Waals surface area (Å²) >= 11 is 0. The number of benzene rings is 6. The Bertz CT molecular complexity index is 2650. The Kier molecular flexibility index (Phi) is 7.50. The standard InChI is InChI=1S/C47H34N6/c1-3-11-33(12-4-1)41-29-42(51-46(50-41)35-13-5-2-6-14-35)34-22-18-31(19-23-34)32-20-24-36(25-21-32)47-52-44-40-30-48-28-26-38(40)37-15-7-8-16-39(37)45(44)53(47)43-17-9-10-27-49-43/h1-30,46-47,51-52H. The molecule has 2 unspecified atom stereocenters. The number of hydrogen-bond donors (Lipinski definition) is 2. The van der Waals surface area contributed by atoms with Crippen molar-refractivity contribution in [3.8, 4) is 11.1 Å². The molecule has 6 aromatic carbocycles. The van der Waals surface area contributed by atoms with Crippen molar-refractivity contribution < 1.29 is 0 Å². The molecule has 6 nitrogen and oxygen atoms in total. The molecule has 2 atom stereocenters. The van der Waals surface area contributed by atoms with Gasteiger partial charge in [-0.1, -0.05) is 140 Å². The second-order valence-corrected chi connectivity index (χ2v) is 13.4. The van der Waals surface area contributed by atoms with Crippen LogP contribution < -0.4 is 15.5 Å². The van der Waals surface area contributed by atoms with E-state index in [9.17, 15) is 0 Å². The number of nitrogens with one attached hydrogen (secondary N) is 2. The second kappa shape index (κ2) is 12.9. The highest BCUT2D eigenvalue weighted by atomic mass is 15.4. The molecule has 2 aromatic heterocycles. The largest absolute Gasteiger partial charge is 0.360 e.